The number of para-hydroxylation sites is 2. The zero-order valence-electron chi connectivity index (χ0n) is 17.3. The van der Waals surface area contributed by atoms with Gasteiger partial charge in [-0.25, -0.2) is 4.68 Å². The second kappa shape index (κ2) is 8.36. The lowest BCUT2D eigenvalue weighted by Crippen LogP contribution is -2.35. The molecule has 1 aliphatic heterocycles. The van der Waals surface area contributed by atoms with Gasteiger partial charge in [-0.3, -0.25) is 9.59 Å². The van der Waals surface area contributed by atoms with E-state index in [1.165, 1.54) is 11.8 Å². The van der Waals surface area contributed by atoms with Crippen molar-refractivity contribution in [2.45, 2.75) is 37.0 Å². The van der Waals surface area contributed by atoms with Gasteiger partial charge in [0, 0.05) is 36.2 Å². The minimum atomic E-state index is -0.427. The van der Waals surface area contributed by atoms with E-state index in [4.69, 9.17) is 0 Å². The first-order chi connectivity index (χ1) is 14.4. The number of amides is 2. The molecule has 2 amide bonds. The molecule has 4 rings (SSSR count). The fourth-order valence-corrected chi connectivity index (χ4v) is 4.69. The van der Waals surface area contributed by atoms with Crippen molar-refractivity contribution in [3.63, 3.8) is 0 Å². The maximum atomic E-state index is 12.9. The molecule has 3 aromatic rings. The number of anilines is 1. The fraction of sp³-hybridized carbons (Fsp3) is 0.261. The van der Waals surface area contributed by atoms with Crippen molar-refractivity contribution in [3.05, 3.63) is 71.5 Å². The van der Waals surface area contributed by atoms with Crippen LogP contribution in [0.4, 0.5) is 5.69 Å². The molecule has 1 atom stereocenters. The van der Waals surface area contributed by atoms with Crippen LogP contribution in [0, 0.1) is 13.8 Å². The molecule has 0 radical (unpaired) electrons. The zero-order chi connectivity index (χ0) is 21.3. The van der Waals surface area contributed by atoms with Gasteiger partial charge in [0.15, 0.2) is 0 Å². The highest BCUT2D eigenvalue weighted by atomic mass is 32.2. The van der Waals surface area contributed by atoms with E-state index in [1.54, 1.807) is 11.9 Å². The van der Waals surface area contributed by atoms with Gasteiger partial charge in [0.05, 0.1) is 22.3 Å². The first-order valence-electron chi connectivity index (χ1n) is 9.85. The second-order valence-corrected chi connectivity index (χ2v) is 8.69. The molecule has 1 aliphatic rings. The number of nitrogens with one attached hydrogen (secondary N) is 1. The van der Waals surface area contributed by atoms with Gasteiger partial charge in [0.25, 0.3) is 0 Å². The molecule has 0 unspecified atom stereocenters. The van der Waals surface area contributed by atoms with Crippen molar-refractivity contribution in [3.8, 4) is 5.69 Å². The summed E-state index contributed by atoms with van der Waals surface area (Å²) in [7, 11) is 1.78. The van der Waals surface area contributed by atoms with Gasteiger partial charge in [-0.05, 0) is 38.1 Å². The van der Waals surface area contributed by atoms with E-state index in [2.05, 4.69) is 10.4 Å². The summed E-state index contributed by atoms with van der Waals surface area (Å²) in [5, 5.41) is 7.13. The third-order valence-electron chi connectivity index (χ3n) is 5.33. The fourth-order valence-electron chi connectivity index (χ4n) is 3.59. The predicted molar refractivity (Wildman–Crippen MR) is 119 cm³/mol. The Kier molecular flexibility index (Phi) is 5.63. The van der Waals surface area contributed by atoms with Crippen LogP contribution in [0.25, 0.3) is 5.69 Å². The standard InChI is InChI=1S/C23H24N4O2S/c1-15-18(16(2)27(25-15)17-9-5-4-6-10-17)14-26(3)22(28)13-21-23(29)24-19-11-7-8-12-20(19)30-21/h4-12,21H,13-14H2,1-3H3,(H,24,29)/t21-/m1/s1. The number of fused-ring (bicyclic) bond motifs is 1. The van der Waals surface area contributed by atoms with Gasteiger partial charge >= 0.3 is 0 Å². The van der Waals surface area contributed by atoms with Crippen LogP contribution >= 0.6 is 11.8 Å². The highest BCUT2D eigenvalue weighted by Crippen LogP contribution is 2.36. The van der Waals surface area contributed by atoms with E-state index >= 15 is 0 Å². The van der Waals surface area contributed by atoms with Crippen molar-refractivity contribution >= 4 is 29.3 Å². The molecule has 30 heavy (non-hydrogen) atoms. The Morgan fingerprint density at radius 1 is 1.13 bits per heavy atom. The number of thioether (sulfide) groups is 1. The van der Waals surface area contributed by atoms with E-state index in [1.807, 2.05) is 73.1 Å². The number of carbonyl (C=O) groups excluding carboxylic acids is 2. The number of carbonyl (C=O) groups is 2. The van der Waals surface area contributed by atoms with E-state index < -0.39 is 5.25 Å². The van der Waals surface area contributed by atoms with E-state index in [9.17, 15) is 9.59 Å². The van der Waals surface area contributed by atoms with Crippen LogP contribution in [0.2, 0.25) is 0 Å². The van der Waals surface area contributed by atoms with Gasteiger partial charge in [-0.1, -0.05) is 30.3 Å². The molecule has 2 aromatic carbocycles. The van der Waals surface area contributed by atoms with Crippen molar-refractivity contribution in [2.24, 2.45) is 0 Å². The van der Waals surface area contributed by atoms with Crippen molar-refractivity contribution in [2.75, 3.05) is 12.4 Å². The third-order valence-corrected chi connectivity index (χ3v) is 6.60. The normalized spacial score (nSPS) is 15.4. The number of hydrogen-bond donors (Lipinski definition) is 1. The Labute approximate surface area is 180 Å². The molecule has 0 saturated carbocycles. The number of hydrogen-bond acceptors (Lipinski definition) is 4. The molecule has 1 aromatic heterocycles. The summed E-state index contributed by atoms with van der Waals surface area (Å²) in [6.07, 6.45) is 0.159. The maximum Gasteiger partial charge on any atom is 0.238 e. The predicted octanol–water partition coefficient (Wildman–Crippen LogP) is 3.95. The van der Waals surface area contributed by atoms with Crippen molar-refractivity contribution in [1.82, 2.24) is 14.7 Å². The molecule has 154 valence electrons. The van der Waals surface area contributed by atoms with Crippen LogP contribution in [0.1, 0.15) is 23.4 Å². The van der Waals surface area contributed by atoms with Crippen LogP contribution < -0.4 is 5.32 Å². The summed E-state index contributed by atoms with van der Waals surface area (Å²) in [6, 6.07) is 17.6. The number of rotatable bonds is 5. The molecule has 0 bridgehead atoms. The average Bonchev–Trinajstić information content (AvgIpc) is 3.03. The number of benzene rings is 2. The van der Waals surface area contributed by atoms with Crippen LogP contribution in [-0.4, -0.2) is 38.8 Å². The van der Waals surface area contributed by atoms with Crippen LogP contribution in [-0.2, 0) is 16.1 Å². The van der Waals surface area contributed by atoms with Gasteiger partial charge in [-0.15, -0.1) is 11.8 Å². The second-order valence-electron chi connectivity index (χ2n) is 7.44. The van der Waals surface area contributed by atoms with Crippen LogP contribution in [0.3, 0.4) is 0 Å². The average molecular weight is 421 g/mol. The molecule has 1 N–H and O–H groups in total. The highest BCUT2D eigenvalue weighted by molar-refractivity contribution is 8.01. The van der Waals surface area contributed by atoms with E-state index in [0.29, 0.717) is 6.54 Å². The monoisotopic (exact) mass is 420 g/mol. The molecule has 0 fully saturated rings. The summed E-state index contributed by atoms with van der Waals surface area (Å²) in [5.41, 5.74) is 4.74. The summed E-state index contributed by atoms with van der Waals surface area (Å²) in [4.78, 5) is 28.0. The smallest absolute Gasteiger partial charge is 0.238 e. The maximum absolute atomic E-state index is 12.9. The van der Waals surface area contributed by atoms with Gasteiger partial charge in [0.1, 0.15) is 0 Å². The lowest BCUT2D eigenvalue weighted by Gasteiger charge is -2.25. The highest BCUT2D eigenvalue weighted by Gasteiger charge is 2.30. The first kappa shape index (κ1) is 20.2. The van der Waals surface area contributed by atoms with E-state index in [0.717, 1.165) is 33.2 Å². The molecule has 0 spiro atoms. The summed E-state index contributed by atoms with van der Waals surface area (Å²) < 4.78 is 1.91. The Bertz CT molecular complexity index is 1090. The Morgan fingerprint density at radius 3 is 2.60 bits per heavy atom. The Morgan fingerprint density at radius 2 is 1.83 bits per heavy atom. The zero-order valence-corrected chi connectivity index (χ0v) is 18.1. The minimum Gasteiger partial charge on any atom is -0.341 e. The van der Waals surface area contributed by atoms with Crippen molar-refractivity contribution in [1.29, 1.82) is 0 Å². The minimum absolute atomic E-state index is 0.0618. The first-order valence-corrected chi connectivity index (χ1v) is 10.7. The number of aromatic nitrogens is 2. The Hall–Kier alpha value is -3.06. The van der Waals surface area contributed by atoms with Gasteiger partial charge in [0.2, 0.25) is 11.8 Å². The van der Waals surface area contributed by atoms with Gasteiger partial charge in [-0.2, -0.15) is 5.10 Å². The molecular weight excluding hydrogens is 396 g/mol. The lowest BCUT2D eigenvalue weighted by molar-refractivity contribution is -0.131. The molecule has 7 heteroatoms. The molecule has 0 saturated heterocycles. The number of aryl methyl sites for hydroxylation is 1. The quantitative estimate of drug-likeness (QED) is 0.679. The molecular formula is C23H24N4O2S. The SMILES string of the molecule is Cc1nn(-c2ccccc2)c(C)c1CN(C)C(=O)C[C@H]1Sc2ccccc2NC1=O. The molecule has 2 heterocycles. The van der Waals surface area contributed by atoms with Crippen molar-refractivity contribution < 1.29 is 9.59 Å². The lowest BCUT2D eigenvalue weighted by atomic mass is 10.1. The van der Waals surface area contributed by atoms with E-state index in [-0.39, 0.29) is 18.2 Å². The summed E-state index contributed by atoms with van der Waals surface area (Å²) in [6.45, 7) is 4.43. The molecule has 6 nitrogen and oxygen atoms in total. The third kappa shape index (κ3) is 3.98. The largest absolute Gasteiger partial charge is 0.341 e. The Balaban J connectivity index is 1.46. The van der Waals surface area contributed by atoms with Gasteiger partial charge < -0.3 is 10.2 Å². The summed E-state index contributed by atoms with van der Waals surface area (Å²) >= 11 is 1.45. The number of nitrogens with zero attached hydrogens (tertiary/aromatic N) is 3. The summed E-state index contributed by atoms with van der Waals surface area (Å²) in [5.74, 6) is -0.182. The molecule has 0 aliphatic carbocycles. The van der Waals surface area contributed by atoms with Crippen LogP contribution in [0.15, 0.2) is 59.5 Å². The van der Waals surface area contributed by atoms with Crippen LogP contribution in [0.5, 0.6) is 0 Å². The topological polar surface area (TPSA) is 67.2 Å².